The maximum atomic E-state index is 13.6. The first-order valence-corrected chi connectivity index (χ1v) is 13.7. The summed E-state index contributed by atoms with van der Waals surface area (Å²) in [6, 6.07) is 7.54. The van der Waals surface area contributed by atoms with Gasteiger partial charge in [-0.15, -0.1) is 0 Å². The molecule has 3 fully saturated rings. The van der Waals surface area contributed by atoms with Crippen molar-refractivity contribution >= 4 is 17.9 Å². The van der Waals surface area contributed by atoms with E-state index in [2.05, 4.69) is 19.9 Å². The SMILES string of the molecule is CCC1=C2[C@@H](CC/C(=C/c3ccccc3O)CC)OC[C@@H]2[C@@H]2C(=O)N(C3CCCCC3)C(=O)[C@@H]2C1. The van der Waals surface area contributed by atoms with E-state index in [9.17, 15) is 14.7 Å². The van der Waals surface area contributed by atoms with Gasteiger partial charge in [0.1, 0.15) is 5.75 Å². The Morgan fingerprint density at radius 1 is 1.09 bits per heavy atom. The van der Waals surface area contributed by atoms with Gasteiger partial charge in [0.25, 0.3) is 0 Å². The minimum absolute atomic E-state index is 0.0156. The third-order valence-corrected chi connectivity index (χ3v) is 8.89. The molecule has 0 aromatic heterocycles. The van der Waals surface area contributed by atoms with Gasteiger partial charge < -0.3 is 9.84 Å². The number of amides is 2. The summed E-state index contributed by atoms with van der Waals surface area (Å²) in [6.07, 6.45) is 11.8. The van der Waals surface area contributed by atoms with Gasteiger partial charge in [0.2, 0.25) is 11.8 Å². The molecule has 188 valence electrons. The van der Waals surface area contributed by atoms with E-state index in [0.717, 1.165) is 63.4 Å². The largest absolute Gasteiger partial charge is 0.507 e. The molecule has 0 bridgehead atoms. The number of phenolic OH excluding ortho intramolecular Hbond substituents is 1. The molecule has 0 radical (unpaired) electrons. The molecule has 0 spiro atoms. The van der Waals surface area contributed by atoms with Crippen molar-refractivity contribution in [2.24, 2.45) is 17.8 Å². The molecule has 35 heavy (non-hydrogen) atoms. The second-order valence-electron chi connectivity index (χ2n) is 10.8. The summed E-state index contributed by atoms with van der Waals surface area (Å²) >= 11 is 0. The van der Waals surface area contributed by atoms with Gasteiger partial charge in [-0.3, -0.25) is 14.5 Å². The first-order valence-electron chi connectivity index (χ1n) is 13.7. The molecular weight excluding hydrogens is 438 g/mol. The number of nitrogens with zero attached hydrogens (tertiary/aromatic N) is 1. The van der Waals surface area contributed by atoms with E-state index in [0.29, 0.717) is 12.4 Å². The molecule has 4 aliphatic rings. The highest BCUT2D eigenvalue weighted by atomic mass is 16.5. The predicted octanol–water partition coefficient (Wildman–Crippen LogP) is 6.03. The summed E-state index contributed by atoms with van der Waals surface area (Å²) in [4.78, 5) is 28.8. The number of ether oxygens (including phenoxy) is 1. The van der Waals surface area contributed by atoms with Crippen LogP contribution in [0.4, 0.5) is 0 Å². The highest BCUT2D eigenvalue weighted by molar-refractivity contribution is 6.06. The Hall–Kier alpha value is -2.40. The van der Waals surface area contributed by atoms with E-state index < -0.39 is 0 Å². The minimum Gasteiger partial charge on any atom is -0.507 e. The molecule has 5 heteroatoms. The maximum Gasteiger partial charge on any atom is 0.234 e. The fourth-order valence-electron chi connectivity index (χ4n) is 7.03. The number of hydrogen-bond acceptors (Lipinski definition) is 4. The number of carbonyl (C=O) groups is 2. The van der Waals surface area contributed by atoms with Crippen molar-refractivity contribution in [3.63, 3.8) is 0 Å². The number of benzene rings is 1. The summed E-state index contributed by atoms with van der Waals surface area (Å²) in [6.45, 7) is 4.87. The van der Waals surface area contributed by atoms with Gasteiger partial charge >= 0.3 is 0 Å². The van der Waals surface area contributed by atoms with Crippen LogP contribution in [-0.2, 0) is 14.3 Å². The van der Waals surface area contributed by atoms with Crippen LogP contribution in [0.5, 0.6) is 5.75 Å². The van der Waals surface area contributed by atoms with Crippen LogP contribution < -0.4 is 0 Å². The van der Waals surface area contributed by atoms with Gasteiger partial charge in [0, 0.05) is 17.5 Å². The standard InChI is InChI=1S/C30H39NO4/c1-3-19(16-21-10-8-9-13-25(21)32)14-15-26-27-20(4-2)17-23-28(24(27)18-35-26)30(34)31(29(23)33)22-11-6-5-7-12-22/h8-10,13,16,22-24,26,28,32H,3-7,11-12,14-15,17-18H2,1-2H3/b19-16+/t23-,24+,26-,28-/m1/s1. The molecule has 2 heterocycles. The van der Waals surface area contributed by atoms with Gasteiger partial charge in [-0.05, 0) is 56.6 Å². The lowest BCUT2D eigenvalue weighted by Crippen LogP contribution is -2.42. The molecule has 4 atom stereocenters. The number of rotatable bonds is 7. The highest BCUT2D eigenvalue weighted by Crippen LogP contribution is 2.51. The smallest absolute Gasteiger partial charge is 0.234 e. The third-order valence-electron chi connectivity index (χ3n) is 8.89. The molecule has 0 unspecified atom stereocenters. The zero-order valence-electron chi connectivity index (χ0n) is 21.2. The van der Waals surface area contributed by atoms with Crippen LogP contribution in [0.1, 0.15) is 83.6 Å². The second kappa shape index (κ2) is 10.3. The van der Waals surface area contributed by atoms with Crippen molar-refractivity contribution in [1.82, 2.24) is 4.90 Å². The molecule has 1 aromatic carbocycles. The van der Waals surface area contributed by atoms with E-state index in [1.807, 2.05) is 18.2 Å². The zero-order valence-corrected chi connectivity index (χ0v) is 21.2. The van der Waals surface area contributed by atoms with Crippen molar-refractivity contribution < 1.29 is 19.4 Å². The Morgan fingerprint density at radius 3 is 2.57 bits per heavy atom. The van der Waals surface area contributed by atoms with Crippen molar-refractivity contribution in [3.8, 4) is 5.75 Å². The monoisotopic (exact) mass is 477 g/mol. The summed E-state index contributed by atoms with van der Waals surface area (Å²) in [5.74, 6) is 0.0781. The summed E-state index contributed by atoms with van der Waals surface area (Å²) in [5, 5.41) is 10.2. The highest BCUT2D eigenvalue weighted by Gasteiger charge is 2.57. The Morgan fingerprint density at radius 2 is 1.86 bits per heavy atom. The van der Waals surface area contributed by atoms with Gasteiger partial charge in [-0.1, -0.05) is 68.5 Å². The van der Waals surface area contributed by atoms with Crippen LogP contribution in [0.15, 0.2) is 41.0 Å². The number of phenols is 1. The first-order chi connectivity index (χ1) is 17.0. The number of aromatic hydroxyl groups is 1. The summed E-state index contributed by atoms with van der Waals surface area (Å²) in [7, 11) is 0. The number of likely N-dealkylation sites (tertiary alicyclic amines) is 1. The lowest BCUT2D eigenvalue weighted by molar-refractivity contribution is -0.143. The van der Waals surface area contributed by atoms with E-state index >= 15 is 0 Å². The molecule has 5 nitrogen and oxygen atoms in total. The van der Waals surface area contributed by atoms with Crippen molar-refractivity contribution in [3.05, 3.63) is 46.5 Å². The van der Waals surface area contributed by atoms with Crippen molar-refractivity contribution in [2.45, 2.75) is 90.2 Å². The molecule has 2 amide bonds. The van der Waals surface area contributed by atoms with Gasteiger partial charge in [0.05, 0.1) is 24.5 Å². The van der Waals surface area contributed by atoms with Crippen molar-refractivity contribution in [1.29, 1.82) is 0 Å². The zero-order chi connectivity index (χ0) is 24.5. The molecule has 5 rings (SSSR count). The molecule has 1 aromatic rings. The maximum absolute atomic E-state index is 13.6. The molecular formula is C30H39NO4. The van der Waals surface area contributed by atoms with Gasteiger partial charge in [-0.25, -0.2) is 0 Å². The third kappa shape index (κ3) is 4.48. The summed E-state index contributed by atoms with van der Waals surface area (Å²) in [5.41, 5.74) is 4.79. The quantitative estimate of drug-likeness (QED) is 0.385. The molecule has 1 N–H and O–H groups in total. The van der Waals surface area contributed by atoms with Crippen LogP contribution in [0.3, 0.4) is 0 Å². The van der Waals surface area contributed by atoms with E-state index in [1.165, 1.54) is 23.1 Å². The first kappa shape index (κ1) is 24.3. The second-order valence-corrected chi connectivity index (χ2v) is 10.8. The van der Waals surface area contributed by atoms with E-state index in [4.69, 9.17) is 4.74 Å². The van der Waals surface area contributed by atoms with Crippen LogP contribution in [0.25, 0.3) is 6.08 Å². The van der Waals surface area contributed by atoms with Crippen LogP contribution in [0.2, 0.25) is 0 Å². The average molecular weight is 478 g/mol. The predicted molar refractivity (Wildman–Crippen MR) is 136 cm³/mol. The lowest BCUT2D eigenvalue weighted by atomic mass is 9.69. The van der Waals surface area contributed by atoms with Gasteiger partial charge in [0.15, 0.2) is 0 Å². The van der Waals surface area contributed by atoms with Gasteiger partial charge in [-0.2, -0.15) is 0 Å². The summed E-state index contributed by atoms with van der Waals surface area (Å²) < 4.78 is 6.36. The topological polar surface area (TPSA) is 66.8 Å². The Labute approximate surface area is 209 Å². The molecule has 2 aliphatic heterocycles. The Bertz CT molecular complexity index is 1030. The van der Waals surface area contributed by atoms with Crippen LogP contribution in [-0.4, -0.2) is 40.6 Å². The number of imide groups is 1. The Balaban J connectivity index is 1.34. The van der Waals surface area contributed by atoms with Crippen LogP contribution >= 0.6 is 0 Å². The average Bonchev–Trinajstić information content (AvgIpc) is 3.41. The molecule has 2 saturated heterocycles. The normalized spacial score (nSPS) is 29.7. The Kier molecular flexibility index (Phi) is 7.15. The number of allylic oxidation sites excluding steroid dienone is 2. The van der Waals surface area contributed by atoms with E-state index in [1.54, 1.807) is 11.0 Å². The fourth-order valence-corrected chi connectivity index (χ4v) is 7.03. The number of para-hydroxylation sites is 1. The number of hydrogen-bond donors (Lipinski definition) is 1. The van der Waals surface area contributed by atoms with Crippen molar-refractivity contribution in [2.75, 3.05) is 6.61 Å². The lowest BCUT2D eigenvalue weighted by Gasteiger charge is -2.31. The van der Waals surface area contributed by atoms with Crippen LogP contribution in [0, 0.1) is 17.8 Å². The molecule has 1 saturated carbocycles. The number of carbonyl (C=O) groups excluding carboxylic acids is 2. The number of fused-ring (bicyclic) bond motifs is 3. The fraction of sp³-hybridized carbons (Fsp3) is 0.600. The minimum atomic E-state index is -0.234. The van der Waals surface area contributed by atoms with E-state index in [-0.39, 0.29) is 41.7 Å². The molecule has 2 aliphatic carbocycles.